The highest BCUT2D eigenvalue weighted by molar-refractivity contribution is 9.11. The van der Waals surface area contributed by atoms with E-state index in [4.69, 9.17) is 10.8 Å². The first-order chi connectivity index (χ1) is 9.70. The van der Waals surface area contributed by atoms with Crippen molar-refractivity contribution in [2.45, 2.75) is 11.8 Å². The number of halogens is 1. The molecule has 0 aliphatic heterocycles. The van der Waals surface area contributed by atoms with Crippen LogP contribution in [0.3, 0.4) is 0 Å². The molecule has 0 saturated carbocycles. The number of rotatable bonds is 4. The van der Waals surface area contributed by atoms with E-state index < -0.39 is 16.0 Å². The summed E-state index contributed by atoms with van der Waals surface area (Å²) in [5.41, 5.74) is 5.62. The molecule has 2 aromatic rings. The van der Waals surface area contributed by atoms with Crippen LogP contribution in [0, 0.1) is 6.92 Å². The highest BCUT2D eigenvalue weighted by Gasteiger charge is 2.22. The quantitative estimate of drug-likeness (QED) is 0.695. The second-order valence-corrected chi connectivity index (χ2v) is 8.47. The van der Waals surface area contributed by atoms with Crippen LogP contribution in [0.4, 0.5) is 11.4 Å². The second-order valence-electron chi connectivity index (χ2n) is 4.19. The van der Waals surface area contributed by atoms with Gasteiger partial charge in [0.15, 0.2) is 0 Å². The third-order valence-electron chi connectivity index (χ3n) is 2.65. The number of anilines is 2. The molecule has 1 aromatic carbocycles. The fraction of sp³-hybridized carbons (Fsp3) is 0.0833. The molecule has 0 bridgehead atoms. The largest absolute Gasteiger partial charge is 0.478 e. The maximum Gasteiger partial charge on any atom is 0.337 e. The van der Waals surface area contributed by atoms with Gasteiger partial charge in [0.2, 0.25) is 0 Å². The van der Waals surface area contributed by atoms with Gasteiger partial charge in [0, 0.05) is 10.6 Å². The third kappa shape index (κ3) is 3.36. The van der Waals surface area contributed by atoms with Gasteiger partial charge < -0.3 is 10.8 Å². The van der Waals surface area contributed by atoms with E-state index in [9.17, 15) is 13.2 Å². The lowest BCUT2D eigenvalue weighted by Gasteiger charge is -2.11. The Morgan fingerprint density at radius 2 is 2.05 bits per heavy atom. The molecule has 6 nitrogen and oxygen atoms in total. The van der Waals surface area contributed by atoms with Gasteiger partial charge in [-0.15, -0.1) is 11.3 Å². The van der Waals surface area contributed by atoms with Gasteiger partial charge in [-0.1, -0.05) is 0 Å². The van der Waals surface area contributed by atoms with E-state index in [0.29, 0.717) is 8.66 Å². The maximum atomic E-state index is 12.4. The average Bonchev–Trinajstić information content (AvgIpc) is 2.68. The topological polar surface area (TPSA) is 109 Å². The monoisotopic (exact) mass is 390 g/mol. The molecule has 4 N–H and O–H groups in total. The van der Waals surface area contributed by atoms with Gasteiger partial charge in [-0.25, -0.2) is 13.2 Å². The smallest absolute Gasteiger partial charge is 0.337 e. The Morgan fingerprint density at radius 1 is 1.38 bits per heavy atom. The molecular formula is C12H11BrN2O4S2. The van der Waals surface area contributed by atoms with Gasteiger partial charge in [0.25, 0.3) is 10.0 Å². The van der Waals surface area contributed by atoms with E-state index in [2.05, 4.69) is 20.7 Å². The van der Waals surface area contributed by atoms with Crippen LogP contribution in [0.25, 0.3) is 0 Å². The van der Waals surface area contributed by atoms with Crippen molar-refractivity contribution in [1.82, 2.24) is 0 Å². The zero-order valence-corrected chi connectivity index (χ0v) is 14.0. The summed E-state index contributed by atoms with van der Waals surface area (Å²) >= 11 is 4.50. The molecule has 0 radical (unpaired) electrons. The van der Waals surface area contributed by atoms with Gasteiger partial charge >= 0.3 is 5.97 Å². The zero-order chi connectivity index (χ0) is 15.8. The molecule has 0 aliphatic rings. The Balaban J connectivity index is 2.48. The lowest BCUT2D eigenvalue weighted by molar-refractivity contribution is 0.0698. The Labute approximate surface area is 133 Å². The number of aromatic carboxylic acids is 1. The molecule has 0 saturated heterocycles. The Morgan fingerprint density at radius 3 is 2.57 bits per heavy atom. The van der Waals surface area contributed by atoms with Crippen LogP contribution in [-0.4, -0.2) is 19.5 Å². The van der Waals surface area contributed by atoms with E-state index in [-0.39, 0.29) is 21.8 Å². The Kier molecular flexibility index (Phi) is 4.26. The van der Waals surface area contributed by atoms with Gasteiger partial charge in [0.1, 0.15) is 4.90 Å². The minimum atomic E-state index is -3.88. The minimum Gasteiger partial charge on any atom is -0.478 e. The fourth-order valence-corrected chi connectivity index (χ4v) is 5.22. The molecule has 0 spiro atoms. The van der Waals surface area contributed by atoms with Crippen LogP contribution in [0.2, 0.25) is 0 Å². The van der Waals surface area contributed by atoms with Crippen molar-refractivity contribution in [2.75, 3.05) is 10.5 Å². The van der Waals surface area contributed by atoms with E-state index in [1.54, 1.807) is 6.92 Å². The van der Waals surface area contributed by atoms with Gasteiger partial charge in [-0.05, 0) is 47.1 Å². The fourth-order valence-electron chi connectivity index (χ4n) is 1.73. The standard InChI is InChI=1S/C12H11BrN2O4S2/c1-6-10(5-11(13)20-6)21(18,19)15-9-4-7(14)2-3-8(9)12(16)17/h2-5,15H,14H2,1H3,(H,16,17). The average molecular weight is 391 g/mol. The number of benzene rings is 1. The summed E-state index contributed by atoms with van der Waals surface area (Å²) in [5, 5.41) is 9.10. The normalized spacial score (nSPS) is 11.3. The summed E-state index contributed by atoms with van der Waals surface area (Å²) in [6.45, 7) is 1.67. The van der Waals surface area contributed by atoms with E-state index in [1.807, 2.05) is 0 Å². The summed E-state index contributed by atoms with van der Waals surface area (Å²) in [6, 6.07) is 5.40. The lowest BCUT2D eigenvalue weighted by atomic mass is 10.1. The number of thiophene rings is 1. The van der Waals surface area contributed by atoms with Crippen molar-refractivity contribution in [3.63, 3.8) is 0 Å². The molecule has 112 valence electrons. The van der Waals surface area contributed by atoms with Crippen LogP contribution >= 0.6 is 27.3 Å². The van der Waals surface area contributed by atoms with Gasteiger partial charge in [0.05, 0.1) is 15.0 Å². The van der Waals surface area contributed by atoms with Crippen molar-refractivity contribution in [3.05, 3.63) is 38.5 Å². The number of aryl methyl sites for hydroxylation is 1. The van der Waals surface area contributed by atoms with Crippen LogP contribution in [0.1, 0.15) is 15.2 Å². The molecule has 0 aliphatic carbocycles. The number of nitrogens with one attached hydrogen (secondary N) is 1. The van der Waals surface area contributed by atoms with Crippen LogP contribution in [-0.2, 0) is 10.0 Å². The molecule has 2 rings (SSSR count). The molecule has 0 atom stereocenters. The van der Waals surface area contributed by atoms with E-state index >= 15 is 0 Å². The first kappa shape index (κ1) is 15.8. The number of nitrogen functional groups attached to an aromatic ring is 1. The summed E-state index contributed by atoms with van der Waals surface area (Å²) in [5.74, 6) is -1.24. The summed E-state index contributed by atoms with van der Waals surface area (Å²) < 4.78 is 27.7. The number of carbonyl (C=O) groups is 1. The minimum absolute atomic E-state index is 0.0655. The summed E-state index contributed by atoms with van der Waals surface area (Å²) in [7, 11) is -3.88. The van der Waals surface area contributed by atoms with Crippen LogP contribution in [0.5, 0.6) is 0 Å². The second kappa shape index (κ2) is 5.66. The van der Waals surface area contributed by atoms with Gasteiger partial charge in [-0.2, -0.15) is 0 Å². The zero-order valence-electron chi connectivity index (χ0n) is 10.8. The summed E-state index contributed by atoms with van der Waals surface area (Å²) in [6.07, 6.45) is 0. The first-order valence-electron chi connectivity index (χ1n) is 5.62. The SMILES string of the molecule is Cc1sc(Br)cc1S(=O)(=O)Nc1cc(N)ccc1C(=O)O. The predicted molar refractivity (Wildman–Crippen MR) is 85.4 cm³/mol. The maximum absolute atomic E-state index is 12.4. The van der Waals surface area contributed by atoms with E-state index in [0.717, 1.165) is 0 Å². The highest BCUT2D eigenvalue weighted by Crippen LogP contribution is 2.31. The third-order valence-corrected chi connectivity index (χ3v) is 5.82. The summed E-state index contributed by atoms with van der Waals surface area (Å²) in [4.78, 5) is 11.8. The lowest BCUT2D eigenvalue weighted by Crippen LogP contribution is -2.16. The van der Waals surface area contributed by atoms with Crippen molar-refractivity contribution in [2.24, 2.45) is 0 Å². The molecule has 0 amide bonds. The van der Waals surface area contributed by atoms with Crippen LogP contribution in [0.15, 0.2) is 32.9 Å². The highest BCUT2D eigenvalue weighted by atomic mass is 79.9. The van der Waals surface area contributed by atoms with Crippen molar-refractivity contribution in [3.8, 4) is 0 Å². The number of hydrogen-bond acceptors (Lipinski definition) is 5. The molecular weight excluding hydrogens is 380 g/mol. The number of carboxylic acid groups (broad SMARTS) is 1. The Bertz CT molecular complexity index is 815. The first-order valence-corrected chi connectivity index (χ1v) is 8.71. The number of nitrogens with two attached hydrogens (primary N) is 1. The molecule has 21 heavy (non-hydrogen) atoms. The number of carboxylic acids is 1. The molecule has 1 aromatic heterocycles. The predicted octanol–water partition coefficient (Wildman–Crippen LogP) is 2.90. The number of sulfonamides is 1. The van der Waals surface area contributed by atoms with Crippen LogP contribution < -0.4 is 10.5 Å². The number of hydrogen-bond donors (Lipinski definition) is 3. The molecule has 1 heterocycles. The van der Waals surface area contributed by atoms with Crippen molar-refractivity contribution < 1.29 is 18.3 Å². The molecule has 0 unspecified atom stereocenters. The van der Waals surface area contributed by atoms with Crippen molar-refractivity contribution in [1.29, 1.82) is 0 Å². The van der Waals surface area contributed by atoms with E-state index in [1.165, 1.54) is 35.6 Å². The molecule has 0 fully saturated rings. The molecule has 9 heteroatoms. The van der Waals surface area contributed by atoms with Gasteiger partial charge in [-0.3, -0.25) is 4.72 Å². The Hall–Kier alpha value is -1.58. The van der Waals surface area contributed by atoms with Crippen molar-refractivity contribution >= 4 is 54.6 Å².